The number of morpholine rings is 1. The molecule has 42 heavy (non-hydrogen) atoms. The van der Waals surface area contributed by atoms with Crippen molar-refractivity contribution in [3.8, 4) is 28.1 Å². The number of nitrogens with two attached hydrogens (primary N) is 1. The van der Waals surface area contributed by atoms with E-state index in [2.05, 4.69) is 20.5 Å². The van der Waals surface area contributed by atoms with Gasteiger partial charge in [0.05, 0.1) is 42.9 Å². The summed E-state index contributed by atoms with van der Waals surface area (Å²) in [6, 6.07) is 14.1. The maximum Gasteiger partial charge on any atom is 0.416 e. The summed E-state index contributed by atoms with van der Waals surface area (Å²) in [5, 5.41) is 11.7. The van der Waals surface area contributed by atoms with E-state index in [0.29, 0.717) is 65.6 Å². The number of ether oxygens (including phenoxy) is 1. The van der Waals surface area contributed by atoms with Gasteiger partial charge in [0, 0.05) is 36.1 Å². The summed E-state index contributed by atoms with van der Waals surface area (Å²) in [4.78, 5) is 19.3. The first kappa shape index (κ1) is 27.4. The molecule has 0 unspecified atom stereocenters. The normalized spacial score (nSPS) is 14.4. The standard InChI is InChI=1S/C29H27F3N8O2/c1-18-23(24-9-10-34-40(24)22-7-5-21(33)6-8-22)16-39-27(26(18)19-3-2-4-20(15-19)29(30,31)32)36-28(37-39)35-25(41)17-38-11-13-42-14-12-38/h2-10,15-16H,11-14,17,33H2,1H3,(H,35,37,41). The van der Waals surface area contributed by atoms with Crippen LogP contribution in [0.4, 0.5) is 24.8 Å². The van der Waals surface area contributed by atoms with Gasteiger partial charge in [0.2, 0.25) is 11.9 Å². The summed E-state index contributed by atoms with van der Waals surface area (Å²) in [7, 11) is 0. The fourth-order valence-electron chi connectivity index (χ4n) is 5.07. The lowest BCUT2D eigenvalue weighted by Gasteiger charge is -2.25. The van der Waals surface area contributed by atoms with Gasteiger partial charge in [-0.05, 0) is 60.5 Å². The number of benzene rings is 2. The SMILES string of the molecule is Cc1c(-c2ccnn2-c2ccc(N)cc2)cn2nc(NC(=O)CN3CCOCC3)nc2c1-c1cccc(C(F)(F)F)c1. The summed E-state index contributed by atoms with van der Waals surface area (Å²) in [6.45, 7) is 4.33. The van der Waals surface area contributed by atoms with E-state index in [9.17, 15) is 18.0 Å². The van der Waals surface area contributed by atoms with Crippen LogP contribution in [0, 0.1) is 6.92 Å². The molecule has 1 aliphatic rings. The number of halogens is 3. The first-order chi connectivity index (χ1) is 20.2. The van der Waals surface area contributed by atoms with E-state index in [0.717, 1.165) is 17.8 Å². The van der Waals surface area contributed by atoms with Crippen LogP contribution < -0.4 is 11.1 Å². The predicted molar refractivity (Wildman–Crippen MR) is 151 cm³/mol. The maximum atomic E-state index is 13.7. The van der Waals surface area contributed by atoms with Crippen molar-refractivity contribution in [1.82, 2.24) is 29.3 Å². The van der Waals surface area contributed by atoms with Crippen LogP contribution in [0.15, 0.2) is 67.0 Å². The number of carbonyl (C=O) groups is 1. The monoisotopic (exact) mass is 576 g/mol. The van der Waals surface area contributed by atoms with Crippen molar-refractivity contribution in [2.24, 2.45) is 0 Å². The van der Waals surface area contributed by atoms with Crippen LogP contribution in [0.1, 0.15) is 11.1 Å². The van der Waals surface area contributed by atoms with Crippen molar-refractivity contribution in [1.29, 1.82) is 0 Å². The second-order valence-electron chi connectivity index (χ2n) is 9.98. The van der Waals surface area contributed by atoms with Crippen LogP contribution in [0.2, 0.25) is 0 Å². The Bertz CT molecular complexity index is 1760. The van der Waals surface area contributed by atoms with Crippen molar-refractivity contribution in [2.45, 2.75) is 13.1 Å². The van der Waals surface area contributed by atoms with Gasteiger partial charge in [-0.3, -0.25) is 15.0 Å². The van der Waals surface area contributed by atoms with Gasteiger partial charge in [0.15, 0.2) is 5.65 Å². The van der Waals surface area contributed by atoms with Gasteiger partial charge in [0.1, 0.15) is 0 Å². The number of hydrogen-bond acceptors (Lipinski definition) is 7. The molecule has 4 heterocycles. The summed E-state index contributed by atoms with van der Waals surface area (Å²) in [6.07, 6.45) is -1.16. The third kappa shape index (κ3) is 5.43. The number of nitrogen functional groups attached to an aromatic ring is 1. The van der Waals surface area contributed by atoms with E-state index in [1.165, 1.54) is 10.6 Å². The summed E-state index contributed by atoms with van der Waals surface area (Å²) in [5.41, 5.74) is 9.50. The molecule has 216 valence electrons. The molecule has 2 aromatic carbocycles. The zero-order valence-corrected chi connectivity index (χ0v) is 22.6. The Kier molecular flexibility index (Phi) is 7.12. The summed E-state index contributed by atoms with van der Waals surface area (Å²) in [5.74, 6) is -0.253. The first-order valence-electron chi connectivity index (χ1n) is 13.3. The fourth-order valence-corrected chi connectivity index (χ4v) is 5.07. The number of hydrogen-bond donors (Lipinski definition) is 2. The van der Waals surface area contributed by atoms with Gasteiger partial charge in [-0.25, -0.2) is 9.20 Å². The molecule has 0 radical (unpaired) electrons. The highest BCUT2D eigenvalue weighted by Gasteiger charge is 2.31. The Morgan fingerprint density at radius 2 is 1.86 bits per heavy atom. The zero-order chi connectivity index (χ0) is 29.4. The van der Waals surface area contributed by atoms with Gasteiger partial charge >= 0.3 is 6.18 Å². The number of rotatable bonds is 6. The lowest BCUT2D eigenvalue weighted by molar-refractivity contribution is -0.137. The molecule has 0 aliphatic carbocycles. The zero-order valence-electron chi connectivity index (χ0n) is 22.6. The van der Waals surface area contributed by atoms with Gasteiger partial charge in [0.25, 0.3) is 0 Å². The van der Waals surface area contributed by atoms with E-state index < -0.39 is 11.7 Å². The topological polar surface area (TPSA) is 116 Å². The van der Waals surface area contributed by atoms with Crippen LogP contribution in [-0.2, 0) is 15.7 Å². The third-order valence-corrected chi connectivity index (χ3v) is 7.14. The van der Waals surface area contributed by atoms with E-state index in [1.807, 2.05) is 30.0 Å². The molecule has 10 nitrogen and oxygen atoms in total. The third-order valence-electron chi connectivity index (χ3n) is 7.14. The Morgan fingerprint density at radius 3 is 2.60 bits per heavy atom. The number of nitrogens with one attached hydrogen (secondary N) is 1. The number of carbonyl (C=O) groups excluding carboxylic acids is 1. The second-order valence-corrected chi connectivity index (χ2v) is 9.98. The number of nitrogens with zero attached hydrogens (tertiary/aromatic N) is 6. The quantitative estimate of drug-likeness (QED) is 0.288. The predicted octanol–water partition coefficient (Wildman–Crippen LogP) is 4.43. The molecule has 0 atom stereocenters. The molecule has 5 aromatic rings. The lowest BCUT2D eigenvalue weighted by Crippen LogP contribution is -2.41. The first-order valence-corrected chi connectivity index (χ1v) is 13.3. The Hall–Kier alpha value is -4.75. The van der Waals surface area contributed by atoms with Crippen molar-refractivity contribution in [2.75, 3.05) is 43.9 Å². The van der Waals surface area contributed by atoms with E-state index in [1.54, 1.807) is 35.3 Å². The van der Waals surface area contributed by atoms with Gasteiger partial charge < -0.3 is 10.5 Å². The van der Waals surface area contributed by atoms with Crippen LogP contribution in [-0.4, -0.2) is 68.0 Å². The van der Waals surface area contributed by atoms with Crippen molar-refractivity contribution < 1.29 is 22.7 Å². The minimum absolute atomic E-state index is 0.0464. The van der Waals surface area contributed by atoms with E-state index in [-0.39, 0.29) is 18.4 Å². The molecule has 3 aromatic heterocycles. The highest BCUT2D eigenvalue weighted by atomic mass is 19.4. The molecule has 6 rings (SSSR count). The van der Waals surface area contributed by atoms with Crippen LogP contribution in [0.25, 0.3) is 33.7 Å². The number of fused-ring (bicyclic) bond motifs is 1. The number of pyridine rings is 1. The summed E-state index contributed by atoms with van der Waals surface area (Å²) >= 11 is 0. The van der Waals surface area contributed by atoms with Crippen molar-refractivity contribution >= 4 is 23.2 Å². The molecule has 3 N–H and O–H groups in total. The molecule has 1 fully saturated rings. The Balaban J connectivity index is 1.47. The molecule has 13 heteroatoms. The maximum absolute atomic E-state index is 13.7. The molecular formula is C29H27F3N8O2. The minimum Gasteiger partial charge on any atom is -0.399 e. The van der Waals surface area contributed by atoms with Crippen LogP contribution >= 0.6 is 0 Å². The molecular weight excluding hydrogens is 549 g/mol. The molecule has 0 spiro atoms. The van der Waals surface area contributed by atoms with Gasteiger partial charge in [-0.1, -0.05) is 12.1 Å². The average Bonchev–Trinajstić information content (AvgIpc) is 3.60. The van der Waals surface area contributed by atoms with E-state index in [4.69, 9.17) is 10.5 Å². The average molecular weight is 577 g/mol. The number of anilines is 2. The molecule has 0 bridgehead atoms. The van der Waals surface area contributed by atoms with Crippen molar-refractivity contribution in [3.05, 3.63) is 78.1 Å². The fraction of sp³-hybridized carbons (Fsp3) is 0.241. The molecule has 1 saturated heterocycles. The molecule has 1 aliphatic heterocycles. The Morgan fingerprint density at radius 1 is 1.10 bits per heavy atom. The lowest BCUT2D eigenvalue weighted by atomic mass is 9.95. The highest BCUT2D eigenvalue weighted by molar-refractivity contribution is 5.92. The number of aromatic nitrogens is 5. The van der Waals surface area contributed by atoms with Gasteiger partial charge in [-0.15, -0.1) is 5.10 Å². The van der Waals surface area contributed by atoms with Crippen LogP contribution in [0.3, 0.4) is 0 Å². The summed E-state index contributed by atoms with van der Waals surface area (Å²) < 4.78 is 49.6. The van der Waals surface area contributed by atoms with E-state index >= 15 is 0 Å². The Labute approximate surface area is 238 Å². The van der Waals surface area contributed by atoms with Crippen molar-refractivity contribution in [3.63, 3.8) is 0 Å². The van der Waals surface area contributed by atoms with Crippen LogP contribution in [0.5, 0.6) is 0 Å². The number of alkyl halides is 3. The smallest absolute Gasteiger partial charge is 0.399 e. The largest absolute Gasteiger partial charge is 0.416 e. The molecule has 1 amide bonds. The van der Waals surface area contributed by atoms with Gasteiger partial charge in [-0.2, -0.15) is 23.3 Å². The second kappa shape index (κ2) is 10.9. The molecule has 0 saturated carbocycles. The minimum atomic E-state index is -4.53. The number of amides is 1. The highest BCUT2D eigenvalue weighted by Crippen LogP contribution is 2.38.